The topological polar surface area (TPSA) is 29.1 Å². The molecule has 2 heteroatoms. The summed E-state index contributed by atoms with van der Waals surface area (Å²) in [7, 11) is 0. The highest BCUT2D eigenvalue weighted by Crippen LogP contribution is 2.25. The zero-order valence-electron chi connectivity index (χ0n) is 10.8. The summed E-state index contributed by atoms with van der Waals surface area (Å²) in [5.74, 6) is 0.938. The molecule has 0 bridgehead atoms. The normalized spacial score (nSPS) is 10.9. The predicted octanol–water partition coefficient (Wildman–Crippen LogP) is 3.89. The van der Waals surface area contributed by atoms with Crippen LogP contribution in [0.2, 0.25) is 0 Å². The molecule has 0 saturated heterocycles. The van der Waals surface area contributed by atoms with Crippen molar-refractivity contribution in [1.29, 1.82) is 0 Å². The molecule has 1 aromatic rings. The van der Waals surface area contributed by atoms with Gasteiger partial charge in [0, 0.05) is 12.6 Å². The van der Waals surface area contributed by atoms with Crippen LogP contribution in [-0.4, -0.2) is 5.91 Å². The third-order valence-electron chi connectivity index (χ3n) is 2.63. The maximum Gasteiger partial charge on any atom is 0.221 e. The van der Waals surface area contributed by atoms with Crippen molar-refractivity contribution in [3.8, 4) is 0 Å². The number of carbonyl (C=O) groups is 1. The number of amides is 1. The first-order chi connectivity index (χ1) is 7.40. The molecule has 0 heterocycles. The van der Waals surface area contributed by atoms with E-state index in [0.717, 1.165) is 5.69 Å². The first-order valence-corrected chi connectivity index (χ1v) is 5.82. The number of carbonyl (C=O) groups excluding carboxylic acids is 1. The minimum atomic E-state index is -0.0180. The van der Waals surface area contributed by atoms with E-state index in [1.165, 1.54) is 18.1 Å². The molecule has 0 aliphatic carbocycles. The van der Waals surface area contributed by atoms with Crippen molar-refractivity contribution in [2.75, 3.05) is 5.32 Å². The molecule has 0 aliphatic rings. The smallest absolute Gasteiger partial charge is 0.221 e. The lowest BCUT2D eigenvalue weighted by molar-refractivity contribution is -0.114. The summed E-state index contributed by atoms with van der Waals surface area (Å²) in [6.07, 6.45) is 0. The summed E-state index contributed by atoms with van der Waals surface area (Å²) < 4.78 is 0. The third kappa shape index (κ3) is 3.37. The minimum absolute atomic E-state index is 0.0180. The van der Waals surface area contributed by atoms with Crippen molar-refractivity contribution < 1.29 is 4.79 Å². The standard InChI is InChI=1S/C14H21NO/c1-9(2)12-6-13(10(3)4)8-14(7-12)15-11(5)16/h6-10H,1-5H3,(H,15,16). The van der Waals surface area contributed by atoms with Gasteiger partial charge in [-0.3, -0.25) is 4.79 Å². The first-order valence-electron chi connectivity index (χ1n) is 5.82. The van der Waals surface area contributed by atoms with Crippen LogP contribution in [0.4, 0.5) is 5.69 Å². The Hall–Kier alpha value is -1.31. The van der Waals surface area contributed by atoms with Crippen LogP contribution in [0.25, 0.3) is 0 Å². The van der Waals surface area contributed by atoms with Crippen LogP contribution in [0.15, 0.2) is 18.2 Å². The SMILES string of the molecule is CC(=O)Nc1cc(C(C)C)cc(C(C)C)c1. The molecule has 0 spiro atoms. The Bertz CT molecular complexity index is 354. The Labute approximate surface area is 98.1 Å². The van der Waals surface area contributed by atoms with E-state index < -0.39 is 0 Å². The minimum Gasteiger partial charge on any atom is -0.326 e. The fraction of sp³-hybridized carbons (Fsp3) is 0.500. The first kappa shape index (κ1) is 12.8. The fourth-order valence-electron chi connectivity index (χ4n) is 1.62. The van der Waals surface area contributed by atoms with Gasteiger partial charge in [0.15, 0.2) is 0 Å². The van der Waals surface area contributed by atoms with Crippen LogP contribution in [0, 0.1) is 0 Å². The van der Waals surface area contributed by atoms with E-state index >= 15 is 0 Å². The Kier molecular flexibility index (Phi) is 4.11. The van der Waals surface area contributed by atoms with Crippen molar-refractivity contribution in [2.24, 2.45) is 0 Å². The number of rotatable bonds is 3. The van der Waals surface area contributed by atoms with Crippen molar-refractivity contribution in [2.45, 2.75) is 46.5 Å². The van der Waals surface area contributed by atoms with Gasteiger partial charge >= 0.3 is 0 Å². The molecule has 16 heavy (non-hydrogen) atoms. The van der Waals surface area contributed by atoms with Gasteiger partial charge in [-0.15, -0.1) is 0 Å². The number of hydrogen-bond acceptors (Lipinski definition) is 1. The summed E-state index contributed by atoms with van der Waals surface area (Å²) in [6.45, 7) is 10.2. The highest BCUT2D eigenvalue weighted by molar-refractivity contribution is 5.88. The van der Waals surface area contributed by atoms with Crippen molar-refractivity contribution >= 4 is 11.6 Å². The molecule has 1 rings (SSSR count). The number of benzene rings is 1. The van der Waals surface area contributed by atoms with Gasteiger partial charge in [-0.05, 0) is 35.1 Å². The summed E-state index contributed by atoms with van der Waals surface area (Å²) in [5, 5.41) is 2.86. The summed E-state index contributed by atoms with van der Waals surface area (Å²) in [4.78, 5) is 11.1. The molecule has 0 atom stereocenters. The molecular formula is C14H21NO. The number of hydrogen-bond donors (Lipinski definition) is 1. The second-order valence-electron chi connectivity index (χ2n) is 4.88. The van der Waals surface area contributed by atoms with Gasteiger partial charge in [0.1, 0.15) is 0 Å². The van der Waals surface area contributed by atoms with E-state index in [2.05, 4.69) is 51.2 Å². The number of anilines is 1. The summed E-state index contributed by atoms with van der Waals surface area (Å²) in [5.41, 5.74) is 3.45. The van der Waals surface area contributed by atoms with Crippen LogP contribution < -0.4 is 5.32 Å². The Morgan fingerprint density at radius 1 is 1.00 bits per heavy atom. The van der Waals surface area contributed by atoms with Crippen LogP contribution in [0.5, 0.6) is 0 Å². The molecule has 0 unspecified atom stereocenters. The summed E-state index contributed by atoms with van der Waals surface area (Å²) >= 11 is 0. The average molecular weight is 219 g/mol. The van der Waals surface area contributed by atoms with Gasteiger partial charge in [0.25, 0.3) is 0 Å². The van der Waals surface area contributed by atoms with E-state index in [0.29, 0.717) is 11.8 Å². The molecule has 1 aromatic carbocycles. The fourth-order valence-corrected chi connectivity index (χ4v) is 1.62. The van der Waals surface area contributed by atoms with Crippen molar-refractivity contribution in [1.82, 2.24) is 0 Å². The van der Waals surface area contributed by atoms with Gasteiger partial charge < -0.3 is 5.32 Å². The zero-order chi connectivity index (χ0) is 12.3. The lowest BCUT2D eigenvalue weighted by Gasteiger charge is -2.14. The largest absolute Gasteiger partial charge is 0.326 e. The maximum atomic E-state index is 11.1. The Morgan fingerprint density at radius 2 is 1.44 bits per heavy atom. The van der Waals surface area contributed by atoms with Gasteiger partial charge in [-0.2, -0.15) is 0 Å². The molecule has 0 fully saturated rings. The van der Waals surface area contributed by atoms with Gasteiger partial charge in [-0.25, -0.2) is 0 Å². The van der Waals surface area contributed by atoms with E-state index in [-0.39, 0.29) is 5.91 Å². The second-order valence-corrected chi connectivity index (χ2v) is 4.88. The Balaban J connectivity index is 3.13. The van der Waals surface area contributed by atoms with Crippen LogP contribution in [-0.2, 0) is 4.79 Å². The quantitative estimate of drug-likeness (QED) is 0.821. The number of nitrogens with one attached hydrogen (secondary N) is 1. The van der Waals surface area contributed by atoms with Gasteiger partial charge in [0.2, 0.25) is 5.91 Å². The van der Waals surface area contributed by atoms with Crippen LogP contribution in [0.1, 0.15) is 57.6 Å². The lowest BCUT2D eigenvalue weighted by atomic mass is 9.95. The average Bonchev–Trinajstić information content (AvgIpc) is 2.15. The highest BCUT2D eigenvalue weighted by atomic mass is 16.1. The molecule has 1 amide bonds. The third-order valence-corrected chi connectivity index (χ3v) is 2.63. The molecule has 2 nitrogen and oxygen atoms in total. The van der Waals surface area contributed by atoms with Crippen LogP contribution >= 0.6 is 0 Å². The van der Waals surface area contributed by atoms with Crippen LogP contribution in [0.3, 0.4) is 0 Å². The monoisotopic (exact) mass is 219 g/mol. The zero-order valence-corrected chi connectivity index (χ0v) is 10.8. The Morgan fingerprint density at radius 3 is 1.75 bits per heavy atom. The van der Waals surface area contributed by atoms with Crippen molar-refractivity contribution in [3.05, 3.63) is 29.3 Å². The molecule has 0 saturated carbocycles. The highest BCUT2D eigenvalue weighted by Gasteiger charge is 2.07. The predicted molar refractivity (Wildman–Crippen MR) is 68.9 cm³/mol. The van der Waals surface area contributed by atoms with E-state index in [4.69, 9.17) is 0 Å². The molecule has 0 aromatic heterocycles. The van der Waals surface area contributed by atoms with E-state index in [1.807, 2.05) is 0 Å². The molecular weight excluding hydrogens is 198 g/mol. The van der Waals surface area contributed by atoms with E-state index in [9.17, 15) is 4.79 Å². The van der Waals surface area contributed by atoms with Crippen molar-refractivity contribution in [3.63, 3.8) is 0 Å². The maximum absolute atomic E-state index is 11.1. The molecule has 0 aliphatic heterocycles. The molecule has 0 radical (unpaired) electrons. The summed E-state index contributed by atoms with van der Waals surface area (Å²) in [6, 6.07) is 6.33. The van der Waals surface area contributed by atoms with E-state index in [1.54, 1.807) is 0 Å². The lowest BCUT2D eigenvalue weighted by Crippen LogP contribution is -2.07. The second kappa shape index (κ2) is 5.15. The van der Waals surface area contributed by atoms with Gasteiger partial charge in [0.05, 0.1) is 0 Å². The molecule has 88 valence electrons. The molecule has 1 N–H and O–H groups in total. The van der Waals surface area contributed by atoms with Gasteiger partial charge in [-0.1, -0.05) is 33.8 Å².